The third kappa shape index (κ3) is 5.60. The first-order valence-corrected chi connectivity index (χ1v) is 10.6. The molecule has 2 aromatic rings. The van der Waals surface area contributed by atoms with Gasteiger partial charge in [-0.15, -0.1) is 0 Å². The smallest absolute Gasteiger partial charge is 0.255 e. The van der Waals surface area contributed by atoms with E-state index in [1.807, 2.05) is 38.1 Å². The lowest BCUT2D eigenvalue weighted by atomic mass is 10.1. The molecule has 1 fully saturated rings. The van der Waals surface area contributed by atoms with Gasteiger partial charge in [0.05, 0.1) is 0 Å². The lowest BCUT2D eigenvalue weighted by Gasteiger charge is -2.38. The number of nitrogens with zero attached hydrogens (tertiary/aromatic N) is 2. The third-order valence-corrected chi connectivity index (χ3v) is 5.47. The van der Waals surface area contributed by atoms with Crippen LogP contribution in [-0.4, -0.2) is 48.9 Å². The fraction of sp³-hybridized carbons (Fsp3) is 0.417. The number of carbonyl (C=O) groups excluding carboxylic acids is 2. The standard InChI is InChI=1S/C24H32N4O2/c1-17(2)23(29)25-20-7-9-21(10-8-20)26-24(30)19-5-11-22(12-6-19)28-15-13-27(14-16-28)18(3)4/h5-12,17-18H,13-16H2,1-4H3,(H,25,29)(H,26,30). The molecule has 2 amide bonds. The summed E-state index contributed by atoms with van der Waals surface area (Å²) >= 11 is 0. The maximum Gasteiger partial charge on any atom is 0.255 e. The Labute approximate surface area is 179 Å². The van der Waals surface area contributed by atoms with Gasteiger partial charge in [-0.25, -0.2) is 0 Å². The molecule has 0 aliphatic carbocycles. The van der Waals surface area contributed by atoms with E-state index in [0.29, 0.717) is 23.0 Å². The molecule has 30 heavy (non-hydrogen) atoms. The molecule has 1 heterocycles. The van der Waals surface area contributed by atoms with Crippen LogP contribution in [0.4, 0.5) is 17.1 Å². The van der Waals surface area contributed by atoms with Crippen LogP contribution in [0, 0.1) is 5.92 Å². The molecule has 6 nitrogen and oxygen atoms in total. The van der Waals surface area contributed by atoms with Crippen molar-refractivity contribution in [2.75, 3.05) is 41.7 Å². The number of carbonyl (C=O) groups is 2. The number of anilines is 3. The Morgan fingerprint density at radius 3 is 1.80 bits per heavy atom. The molecule has 0 unspecified atom stereocenters. The molecule has 0 radical (unpaired) electrons. The van der Waals surface area contributed by atoms with Crippen LogP contribution in [0.25, 0.3) is 0 Å². The van der Waals surface area contributed by atoms with E-state index in [2.05, 4.69) is 34.3 Å². The Morgan fingerprint density at radius 1 is 0.767 bits per heavy atom. The van der Waals surface area contributed by atoms with Crippen LogP contribution in [0.5, 0.6) is 0 Å². The summed E-state index contributed by atoms with van der Waals surface area (Å²) in [4.78, 5) is 29.2. The fourth-order valence-electron chi connectivity index (χ4n) is 3.45. The zero-order valence-electron chi connectivity index (χ0n) is 18.3. The number of hydrogen-bond acceptors (Lipinski definition) is 4. The zero-order chi connectivity index (χ0) is 21.7. The van der Waals surface area contributed by atoms with E-state index in [1.165, 1.54) is 0 Å². The summed E-state index contributed by atoms with van der Waals surface area (Å²) < 4.78 is 0. The highest BCUT2D eigenvalue weighted by Crippen LogP contribution is 2.20. The first-order valence-electron chi connectivity index (χ1n) is 10.6. The van der Waals surface area contributed by atoms with Gasteiger partial charge in [0.25, 0.3) is 5.91 Å². The van der Waals surface area contributed by atoms with Crippen LogP contribution in [0.2, 0.25) is 0 Å². The Kier molecular flexibility index (Phi) is 7.11. The molecule has 0 aromatic heterocycles. The van der Waals surface area contributed by atoms with Crippen LogP contribution < -0.4 is 15.5 Å². The van der Waals surface area contributed by atoms with Crippen LogP contribution in [0.15, 0.2) is 48.5 Å². The predicted molar refractivity (Wildman–Crippen MR) is 123 cm³/mol. The minimum atomic E-state index is -0.148. The number of rotatable bonds is 6. The van der Waals surface area contributed by atoms with Gasteiger partial charge in [0, 0.05) is 60.8 Å². The molecule has 0 atom stereocenters. The molecule has 1 saturated heterocycles. The average Bonchev–Trinajstić information content (AvgIpc) is 2.75. The molecule has 1 aliphatic heterocycles. The quantitative estimate of drug-likeness (QED) is 0.756. The summed E-state index contributed by atoms with van der Waals surface area (Å²) in [5.74, 6) is -0.255. The first-order chi connectivity index (χ1) is 14.3. The minimum absolute atomic E-state index is 0.0301. The van der Waals surface area contributed by atoms with E-state index in [9.17, 15) is 9.59 Å². The zero-order valence-corrected chi connectivity index (χ0v) is 18.3. The number of nitrogens with one attached hydrogen (secondary N) is 2. The van der Waals surface area contributed by atoms with Gasteiger partial charge in [0.2, 0.25) is 5.91 Å². The molecule has 3 rings (SSSR count). The largest absolute Gasteiger partial charge is 0.369 e. The number of hydrogen-bond donors (Lipinski definition) is 2. The van der Waals surface area contributed by atoms with Crippen LogP contribution in [0.3, 0.4) is 0 Å². The summed E-state index contributed by atoms with van der Waals surface area (Å²) in [7, 11) is 0. The van der Waals surface area contributed by atoms with Gasteiger partial charge in [-0.3, -0.25) is 14.5 Å². The second-order valence-corrected chi connectivity index (χ2v) is 8.34. The minimum Gasteiger partial charge on any atom is -0.369 e. The highest BCUT2D eigenvalue weighted by atomic mass is 16.2. The molecule has 160 valence electrons. The van der Waals surface area contributed by atoms with E-state index in [4.69, 9.17) is 0 Å². The van der Waals surface area contributed by atoms with Crippen LogP contribution >= 0.6 is 0 Å². The van der Waals surface area contributed by atoms with Gasteiger partial charge in [-0.2, -0.15) is 0 Å². The van der Waals surface area contributed by atoms with Crippen molar-refractivity contribution < 1.29 is 9.59 Å². The summed E-state index contributed by atoms with van der Waals surface area (Å²) in [5, 5.41) is 5.75. The van der Waals surface area contributed by atoms with Crippen LogP contribution in [0.1, 0.15) is 38.1 Å². The number of benzene rings is 2. The molecule has 6 heteroatoms. The topological polar surface area (TPSA) is 64.7 Å². The lowest BCUT2D eigenvalue weighted by molar-refractivity contribution is -0.118. The third-order valence-electron chi connectivity index (χ3n) is 5.47. The Balaban J connectivity index is 1.55. The van der Waals surface area contributed by atoms with Crippen molar-refractivity contribution in [3.8, 4) is 0 Å². The highest BCUT2D eigenvalue weighted by Gasteiger charge is 2.19. The Bertz CT molecular complexity index is 852. The van der Waals surface area contributed by atoms with E-state index >= 15 is 0 Å². The molecular weight excluding hydrogens is 376 g/mol. The molecule has 0 spiro atoms. The molecule has 0 saturated carbocycles. The molecular formula is C24H32N4O2. The van der Waals surface area contributed by atoms with Crippen molar-refractivity contribution in [3.05, 3.63) is 54.1 Å². The van der Waals surface area contributed by atoms with Gasteiger partial charge in [0.15, 0.2) is 0 Å². The van der Waals surface area contributed by atoms with Crippen molar-refractivity contribution in [1.29, 1.82) is 0 Å². The summed E-state index contributed by atoms with van der Waals surface area (Å²) in [5.41, 5.74) is 3.18. The van der Waals surface area contributed by atoms with Gasteiger partial charge in [-0.05, 0) is 62.4 Å². The van der Waals surface area contributed by atoms with Crippen molar-refractivity contribution in [3.63, 3.8) is 0 Å². The number of piperazine rings is 1. The highest BCUT2D eigenvalue weighted by molar-refractivity contribution is 6.04. The summed E-state index contributed by atoms with van der Waals surface area (Å²) in [6.07, 6.45) is 0. The normalized spacial score (nSPS) is 14.8. The molecule has 1 aliphatic rings. The Hall–Kier alpha value is -2.86. The number of amides is 2. The van der Waals surface area contributed by atoms with Crippen molar-refractivity contribution >= 4 is 28.9 Å². The van der Waals surface area contributed by atoms with E-state index in [1.54, 1.807) is 24.3 Å². The van der Waals surface area contributed by atoms with E-state index in [0.717, 1.165) is 31.9 Å². The summed E-state index contributed by atoms with van der Waals surface area (Å²) in [6, 6.07) is 15.5. The Morgan fingerprint density at radius 2 is 1.30 bits per heavy atom. The maximum absolute atomic E-state index is 12.6. The van der Waals surface area contributed by atoms with Gasteiger partial charge in [0.1, 0.15) is 0 Å². The lowest BCUT2D eigenvalue weighted by Crippen LogP contribution is -2.48. The second-order valence-electron chi connectivity index (χ2n) is 8.34. The predicted octanol–water partition coefficient (Wildman–Crippen LogP) is 4.06. The van der Waals surface area contributed by atoms with Crippen molar-refractivity contribution in [2.45, 2.75) is 33.7 Å². The van der Waals surface area contributed by atoms with Crippen molar-refractivity contribution in [2.24, 2.45) is 5.92 Å². The van der Waals surface area contributed by atoms with Gasteiger partial charge < -0.3 is 15.5 Å². The van der Waals surface area contributed by atoms with Gasteiger partial charge in [-0.1, -0.05) is 13.8 Å². The van der Waals surface area contributed by atoms with Crippen LogP contribution in [-0.2, 0) is 4.79 Å². The monoisotopic (exact) mass is 408 g/mol. The van der Waals surface area contributed by atoms with Crippen molar-refractivity contribution in [1.82, 2.24) is 4.90 Å². The first kappa shape index (κ1) is 21.8. The van der Waals surface area contributed by atoms with E-state index in [-0.39, 0.29) is 17.7 Å². The molecule has 0 bridgehead atoms. The SMILES string of the molecule is CC(C)C(=O)Nc1ccc(NC(=O)c2ccc(N3CCN(C(C)C)CC3)cc2)cc1. The fourth-order valence-corrected chi connectivity index (χ4v) is 3.45. The van der Waals surface area contributed by atoms with E-state index < -0.39 is 0 Å². The average molecular weight is 409 g/mol. The summed E-state index contributed by atoms with van der Waals surface area (Å²) in [6.45, 7) is 12.3. The van der Waals surface area contributed by atoms with Gasteiger partial charge >= 0.3 is 0 Å². The maximum atomic E-state index is 12.6. The molecule has 2 N–H and O–H groups in total. The second kappa shape index (κ2) is 9.76. The molecule has 2 aromatic carbocycles.